The SMILES string of the molecule is CC(CC1CC1)OC(=O)NCc1ccccc1. The Hall–Kier alpha value is -1.51. The lowest BCUT2D eigenvalue weighted by atomic mass is 10.2. The molecule has 0 aliphatic heterocycles. The van der Waals surface area contributed by atoms with E-state index in [0.29, 0.717) is 6.54 Å². The van der Waals surface area contributed by atoms with Crippen molar-refractivity contribution in [1.29, 1.82) is 0 Å². The van der Waals surface area contributed by atoms with Crippen LogP contribution in [0.5, 0.6) is 0 Å². The smallest absolute Gasteiger partial charge is 0.407 e. The summed E-state index contributed by atoms with van der Waals surface area (Å²) >= 11 is 0. The summed E-state index contributed by atoms with van der Waals surface area (Å²) in [6, 6.07) is 9.83. The Bertz CT molecular complexity index is 360. The van der Waals surface area contributed by atoms with Crippen molar-refractivity contribution in [1.82, 2.24) is 5.32 Å². The van der Waals surface area contributed by atoms with Crippen molar-refractivity contribution in [2.24, 2.45) is 5.92 Å². The van der Waals surface area contributed by atoms with Gasteiger partial charge < -0.3 is 10.1 Å². The van der Waals surface area contributed by atoms with E-state index >= 15 is 0 Å². The van der Waals surface area contributed by atoms with Gasteiger partial charge in [0.15, 0.2) is 0 Å². The molecule has 1 aliphatic carbocycles. The molecule has 1 aliphatic rings. The molecule has 17 heavy (non-hydrogen) atoms. The van der Waals surface area contributed by atoms with E-state index in [9.17, 15) is 4.79 Å². The van der Waals surface area contributed by atoms with Crippen LogP contribution in [0.2, 0.25) is 0 Å². The molecule has 0 radical (unpaired) electrons. The minimum atomic E-state index is -0.318. The zero-order valence-electron chi connectivity index (χ0n) is 10.2. The number of benzene rings is 1. The number of ether oxygens (including phenoxy) is 1. The number of alkyl carbamates (subject to hydrolysis) is 1. The normalized spacial score (nSPS) is 16.3. The van der Waals surface area contributed by atoms with Crippen molar-refractivity contribution < 1.29 is 9.53 Å². The van der Waals surface area contributed by atoms with Gasteiger partial charge in [0.1, 0.15) is 6.10 Å². The number of nitrogens with one attached hydrogen (secondary N) is 1. The minimum Gasteiger partial charge on any atom is -0.447 e. The van der Waals surface area contributed by atoms with E-state index in [1.807, 2.05) is 37.3 Å². The Balaban J connectivity index is 1.66. The van der Waals surface area contributed by atoms with Crippen LogP contribution in [0.3, 0.4) is 0 Å². The molecule has 1 unspecified atom stereocenters. The Kier molecular flexibility index (Phi) is 4.02. The van der Waals surface area contributed by atoms with Crippen LogP contribution in [0.25, 0.3) is 0 Å². The maximum atomic E-state index is 11.5. The zero-order valence-corrected chi connectivity index (χ0v) is 10.2. The standard InChI is InChI=1S/C14H19NO2/c1-11(9-12-7-8-12)17-14(16)15-10-13-5-3-2-4-6-13/h2-6,11-12H,7-10H2,1H3,(H,15,16). The molecule has 0 spiro atoms. The Morgan fingerprint density at radius 2 is 2.12 bits per heavy atom. The Morgan fingerprint density at radius 1 is 1.41 bits per heavy atom. The van der Waals surface area contributed by atoms with Crippen LogP contribution in [-0.2, 0) is 11.3 Å². The highest BCUT2D eigenvalue weighted by Gasteiger charge is 2.25. The average Bonchev–Trinajstić information content (AvgIpc) is 3.11. The molecule has 1 amide bonds. The van der Waals surface area contributed by atoms with Crippen molar-refractivity contribution >= 4 is 6.09 Å². The highest BCUT2D eigenvalue weighted by Crippen LogP contribution is 2.34. The lowest BCUT2D eigenvalue weighted by Crippen LogP contribution is -2.27. The monoisotopic (exact) mass is 233 g/mol. The van der Waals surface area contributed by atoms with Crippen LogP contribution in [0, 0.1) is 5.92 Å². The first kappa shape index (κ1) is 12.0. The molecule has 0 bridgehead atoms. The summed E-state index contributed by atoms with van der Waals surface area (Å²) in [5.41, 5.74) is 1.08. The van der Waals surface area contributed by atoms with Gasteiger partial charge in [0, 0.05) is 6.54 Å². The molecule has 2 rings (SSSR count). The van der Waals surface area contributed by atoms with Gasteiger partial charge in [-0.25, -0.2) is 4.79 Å². The first-order valence-electron chi connectivity index (χ1n) is 6.22. The molecule has 0 aromatic heterocycles. The number of carbonyl (C=O) groups is 1. The van der Waals surface area contributed by atoms with E-state index in [1.54, 1.807) is 0 Å². The maximum absolute atomic E-state index is 11.5. The van der Waals surface area contributed by atoms with E-state index in [0.717, 1.165) is 17.9 Å². The second-order valence-corrected chi connectivity index (χ2v) is 4.73. The van der Waals surface area contributed by atoms with Gasteiger partial charge >= 0.3 is 6.09 Å². The first-order chi connectivity index (χ1) is 8.24. The van der Waals surface area contributed by atoms with Gasteiger partial charge in [-0.15, -0.1) is 0 Å². The fraction of sp³-hybridized carbons (Fsp3) is 0.500. The van der Waals surface area contributed by atoms with Crippen molar-refractivity contribution in [2.45, 2.75) is 38.8 Å². The summed E-state index contributed by atoms with van der Waals surface area (Å²) in [4.78, 5) is 11.5. The molecule has 1 aromatic rings. The van der Waals surface area contributed by atoms with Gasteiger partial charge in [0.25, 0.3) is 0 Å². The van der Waals surface area contributed by atoms with Crippen LogP contribution in [0.1, 0.15) is 31.7 Å². The van der Waals surface area contributed by atoms with Gasteiger partial charge in [-0.3, -0.25) is 0 Å². The largest absolute Gasteiger partial charge is 0.447 e. The van der Waals surface area contributed by atoms with Gasteiger partial charge in [0.05, 0.1) is 0 Å². The predicted molar refractivity (Wildman–Crippen MR) is 66.6 cm³/mol. The van der Waals surface area contributed by atoms with E-state index in [-0.39, 0.29) is 12.2 Å². The van der Waals surface area contributed by atoms with Crippen LogP contribution >= 0.6 is 0 Å². The lowest BCUT2D eigenvalue weighted by molar-refractivity contribution is 0.0987. The summed E-state index contributed by atoms with van der Waals surface area (Å²) in [5, 5.41) is 2.76. The van der Waals surface area contributed by atoms with Gasteiger partial charge in [-0.05, 0) is 24.8 Å². The van der Waals surface area contributed by atoms with E-state index in [2.05, 4.69) is 5.32 Å². The molecule has 1 saturated carbocycles. The molecular formula is C14H19NO2. The molecule has 1 fully saturated rings. The van der Waals surface area contributed by atoms with Crippen LogP contribution in [0.4, 0.5) is 4.79 Å². The van der Waals surface area contributed by atoms with Crippen LogP contribution in [-0.4, -0.2) is 12.2 Å². The Labute approximate surface area is 102 Å². The topological polar surface area (TPSA) is 38.3 Å². The zero-order chi connectivity index (χ0) is 12.1. The van der Waals surface area contributed by atoms with Crippen LogP contribution < -0.4 is 5.32 Å². The number of rotatable bonds is 5. The molecular weight excluding hydrogens is 214 g/mol. The highest BCUT2D eigenvalue weighted by molar-refractivity contribution is 5.67. The van der Waals surface area contributed by atoms with Gasteiger partial charge in [0.2, 0.25) is 0 Å². The van der Waals surface area contributed by atoms with E-state index in [4.69, 9.17) is 4.74 Å². The lowest BCUT2D eigenvalue weighted by Gasteiger charge is -2.13. The molecule has 92 valence electrons. The van der Waals surface area contributed by atoms with E-state index < -0.39 is 0 Å². The predicted octanol–water partition coefficient (Wildman–Crippen LogP) is 3.10. The summed E-state index contributed by atoms with van der Waals surface area (Å²) in [6.45, 7) is 2.48. The summed E-state index contributed by atoms with van der Waals surface area (Å²) in [7, 11) is 0. The number of hydrogen-bond donors (Lipinski definition) is 1. The number of hydrogen-bond acceptors (Lipinski definition) is 2. The van der Waals surface area contributed by atoms with Crippen molar-refractivity contribution in [2.75, 3.05) is 0 Å². The fourth-order valence-electron chi connectivity index (χ4n) is 1.87. The molecule has 1 aromatic carbocycles. The second kappa shape index (κ2) is 5.71. The Morgan fingerprint density at radius 3 is 2.76 bits per heavy atom. The summed E-state index contributed by atoms with van der Waals surface area (Å²) in [6.07, 6.45) is 3.29. The highest BCUT2D eigenvalue weighted by atomic mass is 16.6. The molecule has 3 nitrogen and oxygen atoms in total. The molecule has 0 heterocycles. The second-order valence-electron chi connectivity index (χ2n) is 4.73. The fourth-order valence-corrected chi connectivity index (χ4v) is 1.87. The average molecular weight is 233 g/mol. The van der Waals surface area contributed by atoms with Crippen molar-refractivity contribution in [3.63, 3.8) is 0 Å². The summed E-state index contributed by atoms with van der Waals surface area (Å²) in [5.74, 6) is 0.784. The molecule has 3 heteroatoms. The van der Waals surface area contributed by atoms with Crippen molar-refractivity contribution in [3.8, 4) is 0 Å². The summed E-state index contributed by atoms with van der Waals surface area (Å²) < 4.78 is 5.27. The molecule has 1 atom stereocenters. The third-order valence-corrected chi connectivity index (χ3v) is 2.95. The van der Waals surface area contributed by atoms with Crippen molar-refractivity contribution in [3.05, 3.63) is 35.9 Å². The van der Waals surface area contributed by atoms with Gasteiger partial charge in [-0.2, -0.15) is 0 Å². The minimum absolute atomic E-state index is 0.0262. The molecule has 1 N–H and O–H groups in total. The number of amides is 1. The van der Waals surface area contributed by atoms with Gasteiger partial charge in [-0.1, -0.05) is 43.2 Å². The molecule has 0 saturated heterocycles. The van der Waals surface area contributed by atoms with E-state index in [1.165, 1.54) is 12.8 Å². The van der Waals surface area contributed by atoms with Crippen LogP contribution in [0.15, 0.2) is 30.3 Å². The number of carbonyl (C=O) groups excluding carboxylic acids is 1. The quantitative estimate of drug-likeness (QED) is 0.848. The third-order valence-electron chi connectivity index (χ3n) is 2.95. The third kappa shape index (κ3) is 4.47. The first-order valence-corrected chi connectivity index (χ1v) is 6.22. The maximum Gasteiger partial charge on any atom is 0.407 e.